The van der Waals surface area contributed by atoms with Crippen molar-refractivity contribution in [3.05, 3.63) is 52.9 Å². The standard InChI is InChI=1S/C32H43N5O8/c1-24(38)20-36(21-25(2)39)28-11-7-8-12-30(28)44-17-18-45-31-19-27(43-16-10-6-5-9-15-34-35-33)13-14-29(31)37(22-26(3)40)23-32(41)42-4/h7-8,11-14,19H,5-6,9-10,15-18,20-23H2,1-4H3. The highest BCUT2D eigenvalue weighted by atomic mass is 16.5. The first kappa shape index (κ1) is 36.4. The van der Waals surface area contributed by atoms with E-state index < -0.39 is 5.97 Å². The Labute approximate surface area is 264 Å². The van der Waals surface area contributed by atoms with Gasteiger partial charge >= 0.3 is 5.97 Å². The smallest absolute Gasteiger partial charge is 0.325 e. The van der Waals surface area contributed by atoms with Crippen LogP contribution in [0.1, 0.15) is 46.5 Å². The molecule has 13 nitrogen and oxygen atoms in total. The van der Waals surface area contributed by atoms with Gasteiger partial charge in [0.1, 0.15) is 54.4 Å². The number of ether oxygens (including phenoxy) is 4. The first-order valence-corrected chi connectivity index (χ1v) is 14.8. The molecule has 0 fully saturated rings. The molecule has 2 aromatic rings. The van der Waals surface area contributed by atoms with Gasteiger partial charge in [0.25, 0.3) is 0 Å². The summed E-state index contributed by atoms with van der Waals surface area (Å²) in [5.41, 5.74) is 9.49. The zero-order valence-electron chi connectivity index (χ0n) is 26.5. The summed E-state index contributed by atoms with van der Waals surface area (Å²) in [6, 6.07) is 12.3. The molecule has 0 heterocycles. The molecule has 0 amide bonds. The minimum absolute atomic E-state index is 0.0342. The lowest BCUT2D eigenvalue weighted by Gasteiger charge is -2.26. The third-order valence-corrected chi connectivity index (χ3v) is 6.35. The number of hydrogen-bond acceptors (Lipinski definition) is 11. The Balaban J connectivity index is 2.18. The molecule has 0 aliphatic carbocycles. The molecule has 0 saturated heterocycles. The maximum atomic E-state index is 12.1. The number of anilines is 2. The monoisotopic (exact) mass is 625 g/mol. The predicted octanol–water partition coefficient (Wildman–Crippen LogP) is 4.95. The number of carbonyl (C=O) groups is 4. The summed E-state index contributed by atoms with van der Waals surface area (Å²) in [4.78, 5) is 53.9. The van der Waals surface area contributed by atoms with Crippen LogP contribution in [-0.2, 0) is 23.9 Å². The molecule has 0 aliphatic heterocycles. The van der Waals surface area contributed by atoms with Crippen molar-refractivity contribution in [2.75, 3.05) is 69.5 Å². The fourth-order valence-corrected chi connectivity index (χ4v) is 4.46. The molecule has 0 aromatic heterocycles. The van der Waals surface area contributed by atoms with Crippen LogP contribution >= 0.6 is 0 Å². The lowest BCUT2D eigenvalue weighted by molar-refractivity contribution is -0.139. The summed E-state index contributed by atoms with van der Waals surface area (Å²) in [6.45, 7) is 5.46. The molecule has 244 valence electrons. The number of unbranched alkanes of at least 4 members (excludes halogenated alkanes) is 3. The Bertz CT molecular complexity index is 1310. The number of methoxy groups -OCH3 is 1. The Morgan fingerprint density at radius 2 is 1.29 bits per heavy atom. The number of azide groups is 1. The van der Waals surface area contributed by atoms with Crippen LogP contribution in [0.5, 0.6) is 17.2 Å². The Morgan fingerprint density at radius 1 is 0.711 bits per heavy atom. The zero-order valence-corrected chi connectivity index (χ0v) is 26.5. The fraction of sp³-hybridized carbons (Fsp3) is 0.500. The molecular weight excluding hydrogens is 582 g/mol. The largest absolute Gasteiger partial charge is 0.493 e. The Morgan fingerprint density at radius 3 is 1.91 bits per heavy atom. The number of carbonyl (C=O) groups excluding carboxylic acids is 4. The molecule has 2 rings (SSSR count). The predicted molar refractivity (Wildman–Crippen MR) is 170 cm³/mol. The number of hydrogen-bond donors (Lipinski definition) is 0. The second-order valence-electron chi connectivity index (χ2n) is 10.4. The first-order valence-electron chi connectivity index (χ1n) is 14.8. The van der Waals surface area contributed by atoms with Crippen LogP contribution in [-0.4, -0.2) is 83.0 Å². The molecule has 13 heteroatoms. The van der Waals surface area contributed by atoms with E-state index in [4.69, 9.17) is 24.5 Å². The number of benzene rings is 2. The summed E-state index contributed by atoms with van der Waals surface area (Å²) in [5.74, 6) is 0.602. The average molecular weight is 626 g/mol. The van der Waals surface area contributed by atoms with Gasteiger partial charge in [-0.1, -0.05) is 30.1 Å². The average Bonchev–Trinajstić information content (AvgIpc) is 2.99. The van der Waals surface area contributed by atoms with Crippen LogP contribution in [0.3, 0.4) is 0 Å². The van der Waals surface area contributed by atoms with Crippen LogP contribution in [0.4, 0.5) is 11.4 Å². The van der Waals surface area contributed by atoms with E-state index >= 15 is 0 Å². The molecule has 0 saturated carbocycles. The van der Waals surface area contributed by atoms with Crippen LogP contribution in [0.25, 0.3) is 10.4 Å². The minimum Gasteiger partial charge on any atom is -0.493 e. The van der Waals surface area contributed by atoms with Gasteiger partial charge in [-0.25, -0.2) is 0 Å². The highest BCUT2D eigenvalue weighted by Gasteiger charge is 2.20. The van der Waals surface area contributed by atoms with E-state index in [0.29, 0.717) is 41.8 Å². The van der Waals surface area contributed by atoms with Gasteiger partial charge in [-0.2, -0.15) is 0 Å². The van der Waals surface area contributed by atoms with Crippen molar-refractivity contribution in [3.8, 4) is 17.2 Å². The SMILES string of the molecule is COC(=O)CN(CC(C)=O)c1ccc(OCCCCCCN=[N+]=[N-])cc1OCCOc1ccccc1N(CC(C)=O)CC(C)=O. The maximum Gasteiger partial charge on any atom is 0.325 e. The second-order valence-corrected chi connectivity index (χ2v) is 10.4. The van der Waals surface area contributed by atoms with Crippen LogP contribution in [0, 0.1) is 0 Å². The lowest BCUT2D eigenvalue weighted by Crippen LogP contribution is -2.34. The number of para-hydroxylation sites is 2. The van der Waals surface area contributed by atoms with Crippen molar-refractivity contribution < 1.29 is 38.1 Å². The molecule has 0 atom stereocenters. The quantitative estimate of drug-likeness (QED) is 0.0543. The molecule has 45 heavy (non-hydrogen) atoms. The van der Waals surface area contributed by atoms with E-state index in [9.17, 15) is 19.2 Å². The molecule has 0 bridgehead atoms. The van der Waals surface area contributed by atoms with Crippen LogP contribution in [0.2, 0.25) is 0 Å². The van der Waals surface area contributed by atoms with E-state index in [0.717, 1.165) is 25.7 Å². The van der Waals surface area contributed by atoms with Crippen molar-refractivity contribution in [1.29, 1.82) is 0 Å². The molecule has 0 aliphatic rings. The summed E-state index contributed by atoms with van der Waals surface area (Å²) < 4.78 is 22.9. The molecule has 0 unspecified atom stereocenters. The molecule has 0 N–H and O–H groups in total. The summed E-state index contributed by atoms with van der Waals surface area (Å²) in [6.07, 6.45) is 3.47. The van der Waals surface area contributed by atoms with E-state index in [-0.39, 0.29) is 56.7 Å². The van der Waals surface area contributed by atoms with E-state index in [1.807, 2.05) is 0 Å². The van der Waals surface area contributed by atoms with E-state index in [1.165, 1.54) is 27.9 Å². The van der Waals surface area contributed by atoms with Gasteiger partial charge in [0, 0.05) is 17.5 Å². The third kappa shape index (κ3) is 14.0. The van der Waals surface area contributed by atoms with Crippen LogP contribution < -0.4 is 24.0 Å². The van der Waals surface area contributed by atoms with E-state index in [2.05, 4.69) is 10.0 Å². The van der Waals surface area contributed by atoms with Gasteiger partial charge < -0.3 is 28.7 Å². The number of esters is 1. The van der Waals surface area contributed by atoms with Gasteiger partial charge in [0.2, 0.25) is 0 Å². The normalized spacial score (nSPS) is 10.3. The summed E-state index contributed by atoms with van der Waals surface area (Å²) in [5, 5.41) is 3.54. The number of ketones is 3. The van der Waals surface area contributed by atoms with E-state index in [1.54, 1.807) is 52.3 Å². The molecular formula is C32H43N5O8. The lowest BCUT2D eigenvalue weighted by atomic mass is 10.2. The number of nitrogens with zero attached hydrogens (tertiary/aromatic N) is 5. The molecule has 0 radical (unpaired) electrons. The first-order chi connectivity index (χ1) is 21.6. The topological polar surface area (TPSA) is 160 Å². The number of Topliss-reactive ketones (excluding diaryl/α,β-unsaturated/α-hetero) is 3. The van der Waals surface area contributed by atoms with Gasteiger partial charge in [-0.15, -0.1) is 0 Å². The Kier molecular flexibility index (Phi) is 16.4. The van der Waals surface area contributed by atoms with Crippen molar-refractivity contribution in [1.82, 2.24) is 0 Å². The van der Waals surface area contributed by atoms with Crippen molar-refractivity contribution >= 4 is 34.7 Å². The zero-order chi connectivity index (χ0) is 33.0. The summed E-state index contributed by atoms with van der Waals surface area (Å²) >= 11 is 0. The maximum absolute atomic E-state index is 12.1. The van der Waals surface area contributed by atoms with Gasteiger partial charge in [-0.05, 0) is 63.4 Å². The van der Waals surface area contributed by atoms with Gasteiger partial charge in [0.15, 0.2) is 0 Å². The fourth-order valence-electron chi connectivity index (χ4n) is 4.46. The minimum atomic E-state index is -0.511. The third-order valence-electron chi connectivity index (χ3n) is 6.35. The molecule has 2 aromatic carbocycles. The second kappa shape index (κ2) is 20.2. The number of rotatable bonds is 23. The van der Waals surface area contributed by atoms with Crippen molar-refractivity contribution in [2.24, 2.45) is 5.11 Å². The highest BCUT2D eigenvalue weighted by molar-refractivity contribution is 5.87. The van der Waals surface area contributed by atoms with Crippen molar-refractivity contribution in [2.45, 2.75) is 46.5 Å². The molecule has 0 spiro atoms. The Hall–Kier alpha value is -4.77. The van der Waals surface area contributed by atoms with Crippen molar-refractivity contribution in [3.63, 3.8) is 0 Å². The van der Waals surface area contributed by atoms with Crippen LogP contribution in [0.15, 0.2) is 47.6 Å². The summed E-state index contributed by atoms with van der Waals surface area (Å²) in [7, 11) is 1.28. The van der Waals surface area contributed by atoms with Gasteiger partial charge in [-0.3, -0.25) is 19.2 Å². The highest BCUT2D eigenvalue weighted by Crippen LogP contribution is 2.33. The van der Waals surface area contributed by atoms with Gasteiger partial charge in [0.05, 0.1) is 44.7 Å².